The first kappa shape index (κ1) is 26.5. The standard InChI is InChI=1S/C26H43N3O5/c1-7-15(4)21(23(31)27-16(5)24(32)34-6)28-22(30)20(14(2)3)29-25(33)26-11-17-8-18(12-26)10-19(9-17)13-26/h14-21H,7-13H2,1-6H3,(H,27,31)(H,28,30)(H,29,33). The molecule has 0 radical (unpaired) electrons. The fourth-order valence-corrected chi connectivity index (χ4v) is 6.70. The van der Waals surface area contributed by atoms with Gasteiger partial charge in [0, 0.05) is 5.41 Å². The first-order valence-corrected chi connectivity index (χ1v) is 13.0. The maximum absolute atomic E-state index is 13.6. The third kappa shape index (κ3) is 5.57. The van der Waals surface area contributed by atoms with E-state index in [1.807, 2.05) is 27.7 Å². The van der Waals surface area contributed by atoms with Crippen molar-refractivity contribution in [3.8, 4) is 0 Å². The molecule has 4 aliphatic carbocycles. The average molecular weight is 478 g/mol. The number of esters is 1. The van der Waals surface area contributed by atoms with Crippen molar-refractivity contribution in [1.82, 2.24) is 16.0 Å². The van der Waals surface area contributed by atoms with Crippen LogP contribution >= 0.6 is 0 Å². The molecule has 0 saturated heterocycles. The minimum Gasteiger partial charge on any atom is -0.467 e. The van der Waals surface area contributed by atoms with Crippen molar-refractivity contribution >= 4 is 23.7 Å². The largest absolute Gasteiger partial charge is 0.467 e. The fourth-order valence-electron chi connectivity index (χ4n) is 6.70. The zero-order valence-electron chi connectivity index (χ0n) is 21.6. The van der Waals surface area contributed by atoms with Crippen LogP contribution in [0.3, 0.4) is 0 Å². The van der Waals surface area contributed by atoms with Crippen LogP contribution in [0.2, 0.25) is 0 Å². The molecule has 8 nitrogen and oxygen atoms in total. The van der Waals surface area contributed by atoms with E-state index < -0.39 is 30.0 Å². The van der Waals surface area contributed by atoms with Crippen LogP contribution in [0, 0.1) is 35.0 Å². The van der Waals surface area contributed by atoms with Crippen molar-refractivity contribution in [3.05, 3.63) is 0 Å². The van der Waals surface area contributed by atoms with Gasteiger partial charge in [-0.25, -0.2) is 4.79 Å². The maximum Gasteiger partial charge on any atom is 0.328 e. The highest BCUT2D eigenvalue weighted by atomic mass is 16.5. The van der Waals surface area contributed by atoms with Gasteiger partial charge in [-0.2, -0.15) is 0 Å². The molecule has 4 atom stereocenters. The molecule has 3 amide bonds. The molecule has 3 N–H and O–H groups in total. The molecule has 0 aliphatic heterocycles. The molecule has 4 unspecified atom stereocenters. The zero-order chi connectivity index (χ0) is 25.2. The predicted molar refractivity (Wildman–Crippen MR) is 128 cm³/mol. The second-order valence-corrected chi connectivity index (χ2v) is 11.5. The van der Waals surface area contributed by atoms with E-state index in [4.69, 9.17) is 0 Å². The van der Waals surface area contributed by atoms with Gasteiger partial charge in [-0.15, -0.1) is 0 Å². The Hall–Kier alpha value is -2.12. The number of rotatable bonds is 10. The Bertz CT molecular complexity index is 760. The Morgan fingerprint density at radius 1 is 0.824 bits per heavy atom. The summed E-state index contributed by atoms with van der Waals surface area (Å²) in [4.78, 5) is 51.6. The van der Waals surface area contributed by atoms with E-state index in [0.29, 0.717) is 24.2 Å². The lowest BCUT2D eigenvalue weighted by atomic mass is 9.49. The summed E-state index contributed by atoms with van der Waals surface area (Å²) >= 11 is 0. The SMILES string of the molecule is CCC(C)C(NC(=O)C(NC(=O)C12CC3CC(CC(C3)C1)C2)C(C)C)C(=O)NC(C)C(=O)OC. The molecule has 34 heavy (non-hydrogen) atoms. The summed E-state index contributed by atoms with van der Waals surface area (Å²) in [5, 5.41) is 8.59. The second kappa shape index (κ2) is 10.6. The van der Waals surface area contributed by atoms with Gasteiger partial charge in [0.05, 0.1) is 7.11 Å². The van der Waals surface area contributed by atoms with E-state index in [2.05, 4.69) is 20.7 Å². The molecular weight excluding hydrogens is 434 g/mol. The lowest BCUT2D eigenvalue weighted by Gasteiger charge is -2.55. The van der Waals surface area contributed by atoms with E-state index in [1.54, 1.807) is 6.92 Å². The third-order valence-electron chi connectivity index (χ3n) is 8.46. The van der Waals surface area contributed by atoms with Crippen LogP contribution in [0.5, 0.6) is 0 Å². The van der Waals surface area contributed by atoms with Gasteiger partial charge in [0.25, 0.3) is 0 Å². The maximum atomic E-state index is 13.6. The number of nitrogens with one attached hydrogen (secondary N) is 3. The molecule has 0 aromatic carbocycles. The number of hydrogen-bond donors (Lipinski definition) is 3. The van der Waals surface area contributed by atoms with Crippen molar-refractivity contribution in [3.63, 3.8) is 0 Å². The molecule has 4 bridgehead atoms. The Morgan fingerprint density at radius 2 is 1.32 bits per heavy atom. The van der Waals surface area contributed by atoms with E-state index in [-0.39, 0.29) is 29.1 Å². The number of hydrogen-bond acceptors (Lipinski definition) is 5. The van der Waals surface area contributed by atoms with Gasteiger partial charge in [0.15, 0.2) is 0 Å². The van der Waals surface area contributed by atoms with E-state index >= 15 is 0 Å². The van der Waals surface area contributed by atoms with Crippen LogP contribution in [0.4, 0.5) is 0 Å². The third-order valence-corrected chi connectivity index (χ3v) is 8.46. The van der Waals surface area contributed by atoms with Crippen LogP contribution in [-0.2, 0) is 23.9 Å². The molecule has 4 rings (SSSR count). The minimum atomic E-state index is -0.822. The second-order valence-electron chi connectivity index (χ2n) is 11.5. The first-order chi connectivity index (χ1) is 16.0. The van der Waals surface area contributed by atoms with Crippen LogP contribution in [0.25, 0.3) is 0 Å². The summed E-state index contributed by atoms with van der Waals surface area (Å²) in [7, 11) is 1.26. The Kier molecular flexibility index (Phi) is 8.30. The van der Waals surface area contributed by atoms with Gasteiger partial charge in [-0.3, -0.25) is 14.4 Å². The topological polar surface area (TPSA) is 114 Å². The highest BCUT2D eigenvalue weighted by Gasteiger charge is 2.55. The smallest absolute Gasteiger partial charge is 0.328 e. The summed E-state index contributed by atoms with van der Waals surface area (Å²) in [6, 6.07) is -2.36. The van der Waals surface area contributed by atoms with Gasteiger partial charge in [0.1, 0.15) is 18.1 Å². The van der Waals surface area contributed by atoms with E-state index in [0.717, 1.165) is 19.3 Å². The van der Waals surface area contributed by atoms with Crippen LogP contribution in [-0.4, -0.2) is 48.9 Å². The van der Waals surface area contributed by atoms with Crippen molar-refractivity contribution in [2.45, 2.75) is 97.7 Å². The summed E-state index contributed by atoms with van der Waals surface area (Å²) in [5.74, 6) is 0.285. The summed E-state index contributed by atoms with van der Waals surface area (Å²) < 4.78 is 4.69. The Labute approximate surface area is 203 Å². The summed E-state index contributed by atoms with van der Waals surface area (Å²) in [5.41, 5.74) is -0.342. The monoisotopic (exact) mass is 477 g/mol. The molecule has 0 heterocycles. The van der Waals surface area contributed by atoms with Crippen LogP contribution in [0.15, 0.2) is 0 Å². The molecule has 4 saturated carbocycles. The number of carbonyl (C=O) groups is 4. The summed E-state index contributed by atoms with van der Waals surface area (Å²) in [6.45, 7) is 9.17. The fraction of sp³-hybridized carbons (Fsp3) is 0.846. The molecule has 0 aromatic heterocycles. The van der Waals surface area contributed by atoms with Gasteiger partial charge in [-0.1, -0.05) is 34.1 Å². The van der Waals surface area contributed by atoms with E-state index in [9.17, 15) is 19.2 Å². The Morgan fingerprint density at radius 3 is 1.76 bits per heavy atom. The van der Waals surface area contributed by atoms with Gasteiger partial charge in [-0.05, 0) is 75.0 Å². The predicted octanol–water partition coefficient (Wildman–Crippen LogP) is 2.55. The van der Waals surface area contributed by atoms with Crippen molar-refractivity contribution < 1.29 is 23.9 Å². The molecule has 8 heteroatoms. The Balaban J connectivity index is 1.69. The quantitative estimate of drug-likeness (QED) is 0.419. The highest BCUT2D eigenvalue weighted by molar-refractivity contribution is 5.94. The average Bonchev–Trinajstić information content (AvgIpc) is 2.78. The number of carbonyl (C=O) groups excluding carboxylic acids is 4. The minimum absolute atomic E-state index is 0.00399. The first-order valence-electron chi connectivity index (χ1n) is 13.0. The number of methoxy groups -OCH3 is 1. The molecular formula is C26H43N3O5. The van der Waals surface area contributed by atoms with Crippen LogP contribution < -0.4 is 16.0 Å². The molecule has 4 fully saturated rings. The molecule has 4 aliphatic rings. The van der Waals surface area contributed by atoms with Crippen molar-refractivity contribution in [1.29, 1.82) is 0 Å². The van der Waals surface area contributed by atoms with Crippen molar-refractivity contribution in [2.75, 3.05) is 7.11 Å². The van der Waals surface area contributed by atoms with Gasteiger partial charge in [0.2, 0.25) is 17.7 Å². The normalized spacial score (nSPS) is 30.7. The summed E-state index contributed by atoms with van der Waals surface area (Å²) in [6.07, 6.45) is 7.20. The number of ether oxygens (including phenoxy) is 1. The van der Waals surface area contributed by atoms with Gasteiger partial charge < -0.3 is 20.7 Å². The molecule has 192 valence electrons. The molecule has 0 spiro atoms. The van der Waals surface area contributed by atoms with Crippen molar-refractivity contribution in [2.24, 2.45) is 35.0 Å². The van der Waals surface area contributed by atoms with E-state index in [1.165, 1.54) is 26.4 Å². The number of amides is 3. The van der Waals surface area contributed by atoms with Gasteiger partial charge >= 0.3 is 5.97 Å². The molecule has 0 aromatic rings. The highest BCUT2D eigenvalue weighted by Crippen LogP contribution is 2.60. The lowest BCUT2D eigenvalue weighted by molar-refractivity contribution is -0.149. The zero-order valence-corrected chi connectivity index (χ0v) is 21.6. The van der Waals surface area contributed by atoms with Crippen LogP contribution in [0.1, 0.15) is 79.6 Å². The lowest BCUT2D eigenvalue weighted by Crippen LogP contribution is -2.61.